The van der Waals surface area contributed by atoms with Crippen molar-refractivity contribution in [1.29, 1.82) is 0 Å². The standard InChI is InChI=1S/C24H31N3O4S/c1-17(20-6-4-3-5-7-20)26-24(29)21-10-8-19(9-11-21)16-25-32(30,31)23-14-12-22(13-15-23)27-18(2)28/h3-7,12-15,17,19,21,25H,8-11,16H2,1-2H3,(H,26,29)(H,27,28)/t17-,19?,21?/m1/s1. The number of hydrogen-bond acceptors (Lipinski definition) is 4. The highest BCUT2D eigenvalue weighted by molar-refractivity contribution is 7.89. The second-order valence-electron chi connectivity index (χ2n) is 8.42. The summed E-state index contributed by atoms with van der Waals surface area (Å²) >= 11 is 0. The molecule has 3 rings (SSSR count). The molecule has 2 aromatic rings. The first-order valence-corrected chi connectivity index (χ1v) is 12.5. The second kappa shape index (κ2) is 10.7. The normalized spacial score (nSPS) is 19.7. The van der Waals surface area contributed by atoms with Gasteiger partial charge in [-0.15, -0.1) is 0 Å². The van der Waals surface area contributed by atoms with E-state index >= 15 is 0 Å². The Bertz CT molecular complexity index is 1010. The number of carbonyl (C=O) groups excluding carboxylic acids is 2. The molecule has 1 aliphatic rings. The van der Waals surface area contributed by atoms with Crippen LogP contribution in [0.4, 0.5) is 5.69 Å². The Morgan fingerprint density at radius 2 is 1.59 bits per heavy atom. The van der Waals surface area contributed by atoms with Crippen LogP contribution in [-0.4, -0.2) is 26.8 Å². The van der Waals surface area contributed by atoms with Gasteiger partial charge < -0.3 is 10.6 Å². The summed E-state index contributed by atoms with van der Waals surface area (Å²) in [5.41, 5.74) is 1.63. The van der Waals surface area contributed by atoms with Gasteiger partial charge in [0.15, 0.2) is 0 Å². The maximum Gasteiger partial charge on any atom is 0.240 e. The zero-order chi connectivity index (χ0) is 23.1. The van der Waals surface area contributed by atoms with E-state index in [9.17, 15) is 18.0 Å². The number of anilines is 1. The number of benzene rings is 2. The van der Waals surface area contributed by atoms with Gasteiger partial charge in [0.25, 0.3) is 0 Å². The zero-order valence-corrected chi connectivity index (χ0v) is 19.3. The van der Waals surface area contributed by atoms with Gasteiger partial charge in [-0.25, -0.2) is 13.1 Å². The molecular formula is C24H31N3O4S. The number of sulfonamides is 1. The second-order valence-corrected chi connectivity index (χ2v) is 10.2. The lowest BCUT2D eigenvalue weighted by atomic mass is 9.81. The van der Waals surface area contributed by atoms with Crippen molar-refractivity contribution in [3.63, 3.8) is 0 Å². The Hall–Kier alpha value is -2.71. The van der Waals surface area contributed by atoms with E-state index in [1.54, 1.807) is 12.1 Å². The molecule has 32 heavy (non-hydrogen) atoms. The van der Waals surface area contributed by atoms with Crippen molar-refractivity contribution < 1.29 is 18.0 Å². The first-order chi connectivity index (χ1) is 15.2. The van der Waals surface area contributed by atoms with Crippen molar-refractivity contribution >= 4 is 27.5 Å². The summed E-state index contributed by atoms with van der Waals surface area (Å²) in [5.74, 6) is 0.0338. The first kappa shape index (κ1) is 23.9. The fourth-order valence-electron chi connectivity index (χ4n) is 4.02. The van der Waals surface area contributed by atoms with Gasteiger partial charge in [-0.05, 0) is 68.4 Å². The van der Waals surface area contributed by atoms with Gasteiger partial charge >= 0.3 is 0 Å². The average molecular weight is 458 g/mol. The van der Waals surface area contributed by atoms with Crippen molar-refractivity contribution in [3.05, 3.63) is 60.2 Å². The monoisotopic (exact) mass is 457 g/mol. The number of carbonyl (C=O) groups is 2. The topological polar surface area (TPSA) is 104 Å². The van der Waals surface area contributed by atoms with Gasteiger partial charge in [0, 0.05) is 25.1 Å². The minimum atomic E-state index is -3.62. The van der Waals surface area contributed by atoms with E-state index in [1.807, 2.05) is 37.3 Å². The van der Waals surface area contributed by atoms with Crippen molar-refractivity contribution in [2.75, 3.05) is 11.9 Å². The summed E-state index contributed by atoms with van der Waals surface area (Å²) in [4.78, 5) is 23.9. The Morgan fingerprint density at radius 3 is 2.19 bits per heavy atom. The maximum absolute atomic E-state index is 12.6. The third-order valence-corrected chi connectivity index (χ3v) is 7.36. The molecule has 0 radical (unpaired) electrons. The SMILES string of the molecule is CC(=O)Nc1ccc(S(=O)(=O)NCC2CCC(C(=O)N[C@H](C)c3ccccc3)CC2)cc1. The predicted octanol–water partition coefficient (Wildman–Crippen LogP) is 3.61. The van der Waals surface area contributed by atoms with Crippen LogP contribution in [0.1, 0.15) is 51.1 Å². The Labute approximate surface area is 190 Å². The van der Waals surface area contributed by atoms with Crippen molar-refractivity contribution in [3.8, 4) is 0 Å². The molecule has 3 N–H and O–H groups in total. The van der Waals surface area contributed by atoms with Gasteiger partial charge in [0.05, 0.1) is 10.9 Å². The van der Waals surface area contributed by atoms with Crippen LogP contribution in [0.5, 0.6) is 0 Å². The van der Waals surface area contributed by atoms with Crippen LogP contribution in [0.25, 0.3) is 0 Å². The van der Waals surface area contributed by atoms with Crippen LogP contribution in [-0.2, 0) is 19.6 Å². The van der Waals surface area contributed by atoms with E-state index < -0.39 is 10.0 Å². The van der Waals surface area contributed by atoms with Gasteiger partial charge in [-0.1, -0.05) is 30.3 Å². The summed E-state index contributed by atoms with van der Waals surface area (Å²) in [6.07, 6.45) is 3.12. The molecule has 2 aromatic carbocycles. The summed E-state index contributed by atoms with van der Waals surface area (Å²) in [5, 5.41) is 5.71. The lowest BCUT2D eigenvalue weighted by Gasteiger charge is -2.29. The summed E-state index contributed by atoms with van der Waals surface area (Å²) in [6, 6.07) is 15.9. The van der Waals surface area contributed by atoms with Crippen molar-refractivity contribution in [1.82, 2.24) is 10.0 Å². The number of nitrogens with one attached hydrogen (secondary N) is 3. The molecule has 7 nitrogen and oxygen atoms in total. The lowest BCUT2D eigenvalue weighted by molar-refractivity contribution is -0.126. The molecule has 172 valence electrons. The smallest absolute Gasteiger partial charge is 0.240 e. The van der Waals surface area contributed by atoms with Crippen LogP contribution in [0, 0.1) is 11.8 Å². The highest BCUT2D eigenvalue weighted by Crippen LogP contribution is 2.29. The zero-order valence-electron chi connectivity index (χ0n) is 18.5. The van der Waals surface area contributed by atoms with E-state index in [0.717, 1.165) is 31.2 Å². The maximum atomic E-state index is 12.6. The fraction of sp³-hybridized carbons (Fsp3) is 0.417. The molecule has 0 heterocycles. The molecule has 0 aliphatic heterocycles. The number of rotatable bonds is 8. The molecule has 0 saturated heterocycles. The van der Waals surface area contributed by atoms with Gasteiger partial charge in [-0.2, -0.15) is 0 Å². The summed E-state index contributed by atoms with van der Waals surface area (Å²) < 4.78 is 27.8. The molecule has 1 fully saturated rings. The molecule has 1 atom stereocenters. The average Bonchev–Trinajstić information content (AvgIpc) is 2.78. The fourth-order valence-corrected chi connectivity index (χ4v) is 5.13. The van der Waals surface area contributed by atoms with Crippen LogP contribution in [0.2, 0.25) is 0 Å². The van der Waals surface area contributed by atoms with Crippen molar-refractivity contribution in [2.24, 2.45) is 11.8 Å². The molecule has 0 unspecified atom stereocenters. The number of amides is 2. The van der Waals surface area contributed by atoms with Crippen molar-refractivity contribution in [2.45, 2.75) is 50.5 Å². The highest BCUT2D eigenvalue weighted by atomic mass is 32.2. The molecule has 0 bridgehead atoms. The quantitative estimate of drug-likeness (QED) is 0.563. The Morgan fingerprint density at radius 1 is 0.969 bits per heavy atom. The van der Waals surface area contributed by atoms with Crippen LogP contribution < -0.4 is 15.4 Å². The molecular weight excluding hydrogens is 426 g/mol. The van der Waals surface area contributed by atoms with Crippen LogP contribution >= 0.6 is 0 Å². The van der Waals surface area contributed by atoms with Gasteiger partial charge in [0.1, 0.15) is 0 Å². The van der Waals surface area contributed by atoms with Crippen LogP contribution in [0.3, 0.4) is 0 Å². The predicted molar refractivity (Wildman–Crippen MR) is 124 cm³/mol. The minimum absolute atomic E-state index is 0.0321. The first-order valence-electron chi connectivity index (χ1n) is 11.0. The molecule has 0 spiro atoms. The third-order valence-electron chi connectivity index (χ3n) is 5.92. The Kier molecular flexibility index (Phi) is 8.04. The Balaban J connectivity index is 1.45. The molecule has 1 saturated carbocycles. The van der Waals surface area contributed by atoms with Crippen LogP contribution in [0.15, 0.2) is 59.5 Å². The highest BCUT2D eigenvalue weighted by Gasteiger charge is 2.28. The molecule has 0 aromatic heterocycles. The van der Waals surface area contributed by atoms with Gasteiger partial charge in [-0.3, -0.25) is 9.59 Å². The molecule has 8 heteroatoms. The summed E-state index contributed by atoms with van der Waals surface area (Å²) in [7, 11) is -3.62. The van der Waals surface area contributed by atoms with Gasteiger partial charge in [0.2, 0.25) is 21.8 Å². The lowest BCUT2D eigenvalue weighted by Crippen LogP contribution is -2.37. The van der Waals surface area contributed by atoms with E-state index in [1.165, 1.54) is 19.1 Å². The third kappa shape index (κ3) is 6.64. The largest absolute Gasteiger partial charge is 0.349 e. The molecule has 2 amide bonds. The van der Waals surface area contributed by atoms with E-state index in [0.29, 0.717) is 12.2 Å². The van der Waals surface area contributed by atoms with E-state index in [-0.39, 0.29) is 34.6 Å². The minimum Gasteiger partial charge on any atom is -0.349 e. The van der Waals surface area contributed by atoms with E-state index in [4.69, 9.17) is 0 Å². The van der Waals surface area contributed by atoms with E-state index in [2.05, 4.69) is 15.4 Å². The number of hydrogen-bond donors (Lipinski definition) is 3. The molecule has 1 aliphatic carbocycles. The summed E-state index contributed by atoms with van der Waals surface area (Å²) in [6.45, 7) is 3.73.